The number of hydrogen-bond acceptors (Lipinski definition) is 3. The number of rotatable bonds is 2. The number of aromatic hydroxyl groups is 1. The van der Waals surface area contributed by atoms with Crippen molar-refractivity contribution < 1.29 is 9.90 Å². The third kappa shape index (κ3) is 2.13. The summed E-state index contributed by atoms with van der Waals surface area (Å²) in [5, 5.41) is 19.3. The highest BCUT2D eigenvalue weighted by atomic mass is 16.3. The molecule has 0 saturated heterocycles. The minimum Gasteiger partial charge on any atom is -0.507 e. The summed E-state index contributed by atoms with van der Waals surface area (Å²) in [4.78, 5) is 11.4. The average Bonchev–Trinajstić information content (AvgIpc) is 2.90. The molecule has 0 unspecified atom stereocenters. The fraction of sp³-hybridized carbons (Fsp3) is 0.176. The first-order valence-electron chi connectivity index (χ1n) is 6.76. The molecule has 0 fully saturated rings. The zero-order chi connectivity index (χ0) is 15.0. The van der Waals surface area contributed by atoms with E-state index in [9.17, 15) is 9.90 Å². The third-order valence-corrected chi connectivity index (χ3v) is 4.06. The summed E-state index contributed by atoms with van der Waals surface area (Å²) >= 11 is 0. The van der Waals surface area contributed by atoms with E-state index in [4.69, 9.17) is 11.0 Å². The number of para-hydroxylation sites is 1. The van der Waals surface area contributed by atoms with Crippen LogP contribution in [0.3, 0.4) is 0 Å². The molecule has 0 bridgehead atoms. The Morgan fingerprint density at radius 2 is 2.10 bits per heavy atom. The molecule has 0 aliphatic heterocycles. The zero-order valence-electron chi connectivity index (χ0n) is 11.3. The Balaban J connectivity index is 2.11. The van der Waals surface area contributed by atoms with Crippen LogP contribution >= 0.6 is 0 Å². The second-order valence-corrected chi connectivity index (χ2v) is 5.22. The van der Waals surface area contributed by atoms with Crippen LogP contribution in [0, 0.1) is 11.3 Å². The van der Waals surface area contributed by atoms with Gasteiger partial charge < -0.3 is 10.8 Å². The molecule has 1 amide bonds. The average molecular weight is 278 g/mol. The Morgan fingerprint density at radius 1 is 1.29 bits per heavy atom. The molecule has 2 aromatic rings. The van der Waals surface area contributed by atoms with Gasteiger partial charge in [-0.1, -0.05) is 18.2 Å². The Labute approximate surface area is 122 Å². The summed E-state index contributed by atoms with van der Waals surface area (Å²) in [5.74, 6) is -0.698. The van der Waals surface area contributed by atoms with Crippen LogP contribution in [0.25, 0.3) is 0 Å². The molecule has 0 spiro atoms. The van der Waals surface area contributed by atoms with Crippen LogP contribution in [0.5, 0.6) is 5.75 Å². The van der Waals surface area contributed by atoms with E-state index >= 15 is 0 Å². The fourth-order valence-electron chi connectivity index (χ4n) is 3.04. The number of benzene rings is 2. The lowest BCUT2D eigenvalue weighted by molar-refractivity contribution is 0.0997. The van der Waals surface area contributed by atoms with Crippen LogP contribution in [-0.4, -0.2) is 11.0 Å². The topological polar surface area (TPSA) is 87.1 Å². The van der Waals surface area contributed by atoms with Crippen LogP contribution in [0.2, 0.25) is 0 Å². The van der Waals surface area contributed by atoms with Crippen LogP contribution < -0.4 is 5.73 Å². The molecule has 0 heterocycles. The normalized spacial score (nSPS) is 16.2. The molecular formula is C17H14N2O2. The maximum Gasteiger partial charge on any atom is 0.252 e. The fourth-order valence-corrected chi connectivity index (χ4v) is 3.04. The number of carbonyl (C=O) groups is 1. The van der Waals surface area contributed by atoms with Gasteiger partial charge >= 0.3 is 0 Å². The molecule has 3 N–H and O–H groups in total. The monoisotopic (exact) mass is 278 g/mol. The first-order valence-corrected chi connectivity index (χ1v) is 6.76. The van der Waals surface area contributed by atoms with Crippen molar-refractivity contribution in [2.24, 2.45) is 5.73 Å². The van der Waals surface area contributed by atoms with Gasteiger partial charge in [-0.05, 0) is 42.2 Å². The number of nitrogens with zero attached hydrogens (tertiary/aromatic N) is 1. The molecule has 2 aromatic carbocycles. The van der Waals surface area contributed by atoms with E-state index in [0.29, 0.717) is 11.1 Å². The predicted octanol–water partition coefficient (Wildman–Crippen LogP) is 2.44. The molecule has 4 heteroatoms. The van der Waals surface area contributed by atoms with E-state index in [1.54, 1.807) is 18.2 Å². The second-order valence-electron chi connectivity index (χ2n) is 5.22. The van der Waals surface area contributed by atoms with Crippen molar-refractivity contribution in [1.82, 2.24) is 0 Å². The smallest absolute Gasteiger partial charge is 0.252 e. The number of nitrogens with two attached hydrogens (primary N) is 1. The molecule has 4 nitrogen and oxygen atoms in total. The number of fused-ring (bicyclic) bond motifs is 1. The summed E-state index contributed by atoms with van der Waals surface area (Å²) in [7, 11) is 0. The molecule has 3 rings (SSSR count). The lowest BCUT2D eigenvalue weighted by atomic mass is 9.90. The molecule has 0 radical (unpaired) electrons. The van der Waals surface area contributed by atoms with E-state index in [1.807, 2.05) is 12.1 Å². The molecule has 0 aromatic heterocycles. The van der Waals surface area contributed by atoms with Crippen molar-refractivity contribution in [3.05, 3.63) is 64.2 Å². The van der Waals surface area contributed by atoms with Crippen LogP contribution in [0.1, 0.15) is 45.0 Å². The van der Waals surface area contributed by atoms with Gasteiger partial charge in [0, 0.05) is 11.5 Å². The van der Waals surface area contributed by atoms with E-state index < -0.39 is 5.91 Å². The van der Waals surface area contributed by atoms with E-state index in [-0.39, 0.29) is 17.2 Å². The van der Waals surface area contributed by atoms with Crippen molar-refractivity contribution in [1.29, 1.82) is 5.26 Å². The summed E-state index contributed by atoms with van der Waals surface area (Å²) in [6.45, 7) is 0. The zero-order valence-corrected chi connectivity index (χ0v) is 11.3. The van der Waals surface area contributed by atoms with Crippen LogP contribution in [-0.2, 0) is 6.42 Å². The Morgan fingerprint density at radius 3 is 2.81 bits per heavy atom. The Kier molecular flexibility index (Phi) is 3.11. The van der Waals surface area contributed by atoms with Gasteiger partial charge in [0.2, 0.25) is 0 Å². The number of aryl methyl sites for hydroxylation is 1. The minimum absolute atomic E-state index is 0.00685. The van der Waals surface area contributed by atoms with Gasteiger partial charge in [-0.25, -0.2) is 0 Å². The molecular weight excluding hydrogens is 264 g/mol. The van der Waals surface area contributed by atoms with Gasteiger partial charge in [0.05, 0.1) is 17.2 Å². The molecule has 1 aliphatic carbocycles. The second kappa shape index (κ2) is 4.95. The van der Waals surface area contributed by atoms with Crippen molar-refractivity contribution in [3.63, 3.8) is 0 Å². The maximum absolute atomic E-state index is 11.4. The maximum atomic E-state index is 11.4. The van der Waals surface area contributed by atoms with E-state index in [2.05, 4.69) is 6.07 Å². The summed E-state index contributed by atoms with van der Waals surface area (Å²) in [6.07, 6.45) is 1.74. The summed E-state index contributed by atoms with van der Waals surface area (Å²) < 4.78 is 0. The molecule has 0 saturated carbocycles. The highest BCUT2D eigenvalue weighted by Gasteiger charge is 2.27. The van der Waals surface area contributed by atoms with Crippen molar-refractivity contribution in [3.8, 4) is 11.8 Å². The quantitative estimate of drug-likeness (QED) is 0.884. The molecule has 1 aliphatic rings. The Hall–Kier alpha value is -2.80. The standard InChI is InChI=1S/C17H14N2O2/c18-9-10-4-5-11-6-7-12(15(11)8-10)13-2-1-3-14(16(13)20)17(19)21/h1-5,8,12,20H,6-7H2,(H2,19,21)/t12-/m0/s1. The van der Waals surface area contributed by atoms with Gasteiger partial charge in [-0.3, -0.25) is 4.79 Å². The Bertz CT molecular complexity index is 775. The van der Waals surface area contributed by atoms with E-state index in [0.717, 1.165) is 18.4 Å². The lowest BCUT2D eigenvalue weighted by Gasteiger charge is -2.15. The summed E-state index contributed by atoms with van der Waals surface area (Å²) in [6, 6.07) is 12.8. The number of amides is 1. The predicted molar refractivity (Wildman–Crippen MR) is 77.9 cm³/mol. The lowest BCUT2D eigenvalue weighted by Crippen LogP contribution is -2.12. The number of nitriles is 1. The number of phenols is 1. The van der Waals surface area contributed by atoms with Crippen molar-refractivity contribution in [2.45, 2.75) is 18.8 Å². The third-order valence-electron chi connectivity index (χ3n) is 4.06. The van der Waals surface area contributed by atoms with Crippen LogP contribution in [0.4, 0.5) is 0 Å². The van der Waals surface area contributed by atoms with Gasteiger partial charge in [0.15, 0.2) is 0 Å². The van der Waals surface area contributed by atoms with Crippen LogP contribution in [0.15, 0.2) is 36.4 Å². The van der Waals surface area contributed by atoms with Gasteiger partial charge in [-0.2, -0.15) is 5.26 Å². The molecule has 1 atom stereocenters. The first kappa shape index (κ1) is 13.2. The SMILES string of the molecule is N#Cc1ccc2c(c1)[C@H](c1cccc(C(N)=O)c1O)CC2. The first-order chi connectivity index (χ1) is 10.1. The molecule has 104 valence electrons. The van der Waals surface area contributed by atoms with Gasteiger partial charge in [0.25, 0.3) is 5.91 Å². The number of primary amides is 1. The minimum atomic E-state index is -0.640. The number of carbonyl (C=O) groups excluding carboxylic acids is 1. The van der Waals surface area contributed by atoms with Crippen molar-refractivity contribution in [2.75, 3.05) is 0 Å². The highest BCUT2D eigenvalue weighted by molar-refractivity contribution is 5.96. The van der Waals surface area contributed by atoms with Gasteiger partial charge in [0.1, 0.15) is 5.75 Å². The van der Waals surface area contributed by atoms with E-state index in [1.165, 1.54) is 11.6 Å². The van der Waals surface area contributed by atoms with Crippen molar-refractivity contribution >= 4 is 5.91 Å². The molecule has 21 heavy (non-hydrogen) atoms. The summed E-state index contributed by atoms with van der Waals surface area (Å²) in [5.41, 5.74) is 8.94. The number of hydrogen-bond donors (Lipinski definition) is 2. The van der Waals surface area contributed by atoms with Gasteiger partial charge in [-0.15, -0.1) is 0 Å². The highest BCUT2D eigenvalue weighted by Crippen LogP contribution is 2.42. The largest absolute Gasteiger partial charge is 0.507 e.